The standard InChI is InChI=1S/C13H19NOS/c1-11(2)16-13(15)14-10-6-9-12-7-4-3-5-8-12/h3-5,7-8,11H,6,9-10H2,1-2H3,(H,14,15). The molecule has 1 N–H and O–H groups in total. The topological polar surface area (TPSA) is 29.1 Å². The van der Waals surface area contributed by atoms with Crippen molar-refractivity contribution in [1.82, 2.24) is 5.32 Å². The molecule has 0 bridgehead atoms. The number of rotatable bonds is 5. The Morgan fingerprint density at radius 1 is 1.31 bits per heavy atom. The van der Waals surface area contributed by atoms with E-state index in [2.05, 4.69) is 17.4 Å². The molecule has 1 amide bonds. The zero-order chi connectivity index (χ0) is 11.8. The molecule has 88 valence electrons. The summed E-state index contributed by atoms with van der Waals surface area (Å²) in [5.41, 5.74) is 1.33. The number of nitrogens with one attached hydrogen (secondary N) is 1. The van der Waals surface area contributed by atoms with Crippen molar-refractivity contribution in [3.63, 3.8) is 0 Å². The Morgan fingerprint density at radius 3 is 2.62 bits per heavy atom. The third kappa shape index (κ3) is 5.81. The highest BCUT2D eigenvalue weighted by Gasteiger charge is 2.03. The van der Waals surface area contributed by atoms with Crippen molar-refractivity contribution in [2.45, 2.75) is 31.9 Å². The minimum Gasteiger partial charge on any atom is -0.347 e. The average molecular weight is 237 g/mol. The average Bonchev–Trinajstić information content (AvgIpc) is 2.25. The molecule has 0 spiro atoms. The molecular formula is C13H19NOS. The summed E-state index contributed by atoms with van der Waals surface area (Å²) in [5.74, 6) is 0. The van der Waals surface area contributed by atoms with Crippen LogP contribution < -0.4 is 5.32 Å². The predicted octanol–water partition coefficient (Wildman–Crippen LogP) is 3.47. The minimum absolute atomic E-state index is 0.0862. The van der Waals surface area contributed by atoms with Gasteiger partial charge in [0.15, 0.2) is 0 Å². The summed E-state index contributed by atoms with van der Waals surface area (Å²) in [4.78, 5) is 11.3. The van der Waals surface area contributed by atoms with Crippen molar-refractivity contribution in [1.29, 1.82) is 0 Å². The van der Waals surface area contributed by atoms with Gasteiger partial charge in [0.2, 0.25) is 0 Å². The molecule has 0 fully saturated rings. The zero-order valence-corrected chi connectivity index (χ0v) is 10.7. The Bertz CT molecular complexity index is 311. The lowest BCUT2D eigenvalue weighted by Crippen LogP contribution is -2.21. The van der Waals surface area contributed by atoms with Crippen LogP contribution in [0.1, 0.15) is 25.8 Å². The first-order chi connectivity index (χ1) is 7.68. The number of carbonyl (C=O) groups is 1. The van der Waals surface area contributed by atoms with E-state index >= 15 is 0 Å². The predicted molar refractivity (Wildman–Crippen MR) is 70.9 cm³/mol. The Labute approximate surface area is 102 Å². The molecule has 0 aromatic heterocycles. The van der Waals surface area contributed by atoms with Gasteiger partial charge in [-0.15, -0.1) is 0 Å². The van der Waals surface area contributed by atoms with Gasteiger partial charge in [0.25, 0.3) is 5.24 Å². The van der Waals surface area contributed by atoms with Crippen LogP contribution >= 0.6 is 11.8 Å². The molecule has 2 nitrogen and oxygen atoms in total. The summed E-state index contributed by atoms with van der Waals surface area (Å²) in [6.45, 7) is 4.80. The third-order valence-electron chi connectivity index (χ3n) is 2.10. The van der Waals surface area contributed by atoms with Crippen molar-refractivity contribution in [2.24, 2.45) is 0 Å². The quantitative estimate of drug-likeness (QED) is 0.794. The Kier molecular flexibility index (Phi) is 6.01. The number of aryl methyl sites for hydroxylation is 1. The maximum atomic E-state index is 11.3. The minimum atomic E-state index is 0.0862. The number of benzene rings is 1. The van der Waals surface area contributed by atoms with Gasteiger partial charge in [0.05, 0.1) is 0 Å². The van der Waals surface area contributed by atoms with E-state index in [1.807, 2.05) is 32.0 Å². The van der Waals surface area contributed by atoms with E-state index in [1.165, 1.54) is 17.3 Å². The van der Waals surface area contributed by atoms with Gasteiger partial charge in [0, 0.05) is 11.8 Å². The normalized spacial score (nSPS) is 10.4. The Morgan fingerprint density at radius 2 is 2.00 bits per heavy atom. The van der Waals surface area contributed by atoms with Crippen LogP contribution in [0.2, 0.25) is 0 Å². The summed E-state index contributed by atoms with van der Waals surface area (Å²) < 4.78 is 0. The molecule has 0 aliphatic rings. The first-order valence-electron chi connectivity index (χ1n) is 5.67. The van der Waals surface area contributed by atoms with Crippen LogP contribution in [-0.2, 0) is 6.42 Å². The van der Waals surface area contributed by atoms with Gasteiger partial charge >= 0.3 is 0 Å². The zero-order valence-electron chi connectivity index (χ0n) is 9.90. The molecule has 16 heavy (non-hydrogen) atoms. The van der Waals surface area contributed by atoms with Crippen LogP contribution in [-0.4, -0.2) is 17.0 Å². The second-order valence-corrected chi connectivity index (χ2v) is 5.52. The smallest absolute Gasteiger partial charge is 0.279 e. The van der Waals surface area contributed by atoms with Gasteiger partial charge in [-0.2, -0.15) is 0 Å². The van der Waals surface area contributed by atoms with Crippen LogP contribution in [0.15, 0.2) is 30.3 Å². The second kappa shape index (κ2) is 7.34. The van der Waals surface area contributed by atoms with Gasteiger partial charge in [-0.1, -0.05) is 55.9 Å². The second-order valence-electron chi connectivity index (χ2n) is 3.97. The van der Waals surface area contributed by atoms with Gasteiger partial charge in [-0.3, -0.25) is 4.79 Å². The van der Waals surface area contributed by atoms with E-state index < -0.39 is 0 Å². The highest BCUT2D eigenvalue weighted by molar-refractivity contribution is 8.14. The number of carbonyl (C=O) groups excluding carboxylic acids is 1. The monoisotopic (exact) mass is 237 g/mol. The van der Waals surface area contributed by atoms with Crippen molar-refractivity contribution < 1.29 is 4.79 Å². The molecule has 0 saturated carbocycles. The maximum absolute atomic E-state index is 11.3. The molecular weight excluding hydrogens is 218 g/mol. The maximum Gasteiger partial charge on any atom is 0.279 e. The molecule has 0 atom stereocenters. The number of hydrogen-bond acceptors (Lipinski definition) is 2. The summed E-state index contributed by atoms with van der Waals surface area (Å²) in [7, 11) is 0. The van der Waals surface area contributed by atoms with Crippen LogP contribution in [0.3, 0.4) is 0 Å². The van der Waals surface area contributed by atoms with Crippen LogP contribution in [0, 0.1) is 0 Å². The highest BCUT2D eigenvalue weighted by atomic mass is 32.2. The molecule has 1 rings (SSSR count). The van der Waals surface area contributed by atoms with E-state index in [-0.39, 0.29) is 5.24 Å². The van der Waals surface area contributed by atoms with Crippen LogP contribution in [0.5, 0.6) is 0 Å². The molecule has 3 heteroatoms. The summed E-state index contributed by atoms with van der Waals surface area (Å²) >= 11 is 1.35. The van der Waals surface area contributed by atoms with E-state index in [9.17, 15) is 4.79 Å². The Hall–Kier alpha value is -0.960. The summed E-state index contributed by atoms with van der Waals surface area (Å²) in [6, 6.07) is 10.3. The van der Waals surface area contributed by atoms with Crippen molar-refractivity contribution >= 4 is 17.0 Å². The van der Waals surface area contributed by atoms with Gasteiger partial charge in [-0.25, -0.2) is 0 Å². The molecule has 0 unspecified atom stereocenters. The lowest BCUT2D eigenvalue weighted by Gasteiger charge is -2.06. The van der Waals surface area contributed by atoms with E-state index in [1.54, 1.807) is 0 Å². The van der Waals surface area contributed by atoms with Crippen molar-refractivity contribution in [2.75, 3.05) is 6.54 Å². The highest BCUT2D eigenvalue weighted by Crippen LogP contribution is 2.09. The fraction of sp³-hybridized carbons (Fsp3) is 0.462. The number of thioether (sulfide) groups is 1. The molecule has 1 aromatic carbocycles. The summed E-state index contributed by atoms with van der Waals surface area (Å²) in [6.07, 6.45) is 2.02. The largest absolute Gasteiger partial charge is 0.347 e. The third-order valence-corrected chi connectivity index (χ3v) is 2.93. The lowest BCUT2D eigenvalue weighted by atomic mass is 10.1. The molecule has 1 aromatic rings. The van der Waals surface area contributed by atoms with E-state index in [4.69, 9.17) is 0 Å². The van der Waals surface area contributed by atoms with E-state index in [0.717, 1.165) is 19.4 Å². The number of amides is 1. The molecule has 0 heterocycles. The number of hydrogen-bond donors (Lipinski definition) is 1. The first kappa shape index (κ1) is 13.1. The summed E-state index contributed by atoms with van der Waals surface area (Å²) in [5, 5.41) is 3.35. The van der Waals surface area contributed by atoms with Gasteiger partial charge in [0.1, 0.15) is 0 Å². The van der Waals surface area contributed by atoms with Crippen LogP contribution in [0.25, 0.3) is 0 Å². The lowest BCUT2D eigenvalue weighted by molar-refractivity contribution is 0.260. The van der Waals surface area contributed by atoms with Crippen molar-refractivity contribution in [3.8, 4) is 0 Å². The van der Waals surface area contributed by atoms with Gasteiger partial charge in [-0.05, 0) is 18.4 Å². The molecule has 0 saturated heterocycles. The fourth-order valence-corrected chi connectivity index (χ4v) is 2.00. The fourth-order valence-electron chi connectivity index (χ4n) is 1.38. The van der Waals surface area contributed by atoms with E-state index in [0.29, 0.717) is 5.25 Å². The SMILES string of the molecule is CC(C)SC(=O)NCCCc1ccccc1. The van der Waals surface area contributed by atoms with Crippen molar-refractivity contribution in [3.05, 3.63) is 35.9 Å². The molecule has 0 radical (unpaired) electrons. The van der Waals surface area contributed by atoms with Crippen LogP contribution in [0.4, 0.5) is 4.79 Å². The van der Waals surface area contributed by atoms with Gasteiger partial charge < -0.3 is 5.32 Å². The molecule has 0 aliphatic carbocycles. The molecule has 0 aliphatic heterocycles. The Balaban J connectivity index is 2.10. The first-order valence-corrected chi connectivity index (χ1v) is 6.55.